The van der Waals surface area contributed by atoms with Crippen LogP contribution in [0, 0.1) is 5.82 Å². The van der Waals surface area contributed by atoms with Gasteiger partial charge in [0.05, 0.1) is 5.69 Å². The van der Waals surface area contributed by atoms with E-state index < -0.39 is 5.82 Å². The topological polar surface area (TPSA) is 32.3 Å². The smallest absolute Gasteiger partial charge is 0.141 e. The van der Waals surface area contributed by atoms with Gasteiger partial charge in [-0.1, -0.05) is 19.3 Å². The number of benzene rings is 1. The Kier molecular flexibility index (Phi) is 3.09. The minimum atomic E-state index is -0.401. The Bertz CT molecular complexity index is 334. The van der Waals surface area contributed by atoms with Gasteiger partial charge >= 0.3 is 0 Å². The highest BCUT2D eigenvalue weighted by Gasteiger charge is 2.14. The fourth-order valence-corrected chi connectivity index (χ4v) is 2.09. The van der Waals surface area contributed by atoms with Gasteiger partial charge in [-0.3, -0.25) is 0 Å². The van der Waals surface area contributed by atoms with Crippen molar-refractivity contribution in [3.8, 4) is 5.75 Å². The quantitative estimate of drug-likeness (QED) is 0.733. The zero-order valence-corrected chi connectivity index (χ0v) is 8.67. The van der Waals surface area contributed by atoms with Crippen LogP contribution in [0.3, 0.4) is 0 Å². The van der Waals surface area contributed by atoms with E-state index in [1.54, 1.807) is 6.07 Å². The molecule has 0 atom stereocenters. The number of phenolic OH excluding ortho intramolecular Hbond substituents is 1. The lowest BCUT2D eigenvalue weighted by Crippen LogP contribution is -2.22. The molecule has 1 aliphatic rings. The van der Waals surface area contributed by atoms with Crippen LogP contribution >= 0.6 is 0 Å². The Morgan fingerprint density at radius 3 is 2.60 bits per heavy atom. The average molecular weight is 209 g/mol. The van der Waals surface area contributed by atoms with Crippen LogP contribution in [0.4, 0.5) is 10.1 Å². The maximum Gasteiger partial charge on any atom is 0.141 e. The molecule has 15 heavy (non-hydrogen) atoms. The van der Waals surface area contributed by atoms with Crippen LogP contribution in [0.15, 0.2) is 18.2 Å². The molecule has 1 aromatic carbocycles. The number of hydrogen-bond acceptors (Lipinski definition) is 2. The highest BCUT2D eigenvalue weighted by molar-refractivity contribution is 5.56. The Balaban J connectivity index is 2.03. The maximum absolute atomic E-state index is 12.7. The molecule has 1 saturated carbocycles. The van der Waals surface area contributed by atoms with E-state index >= 15 is 0 Å². The summed E-state index contributed by atoms with van der Waals surface area (Å²) in [6.07, 6.45) is 6.04. The molecule has 0 unspecified atom stereocenters. The van der Waals surface area contributed by atoms with Crippen molar-refractivity contribution >= 4 is 5.69 Å². The number of nitrogens with one attached hydrogen (secondary N) is 1. The number of phenols is 1. The first-order valence-corrected chi connectivity index (χ1v) is 5.51. The van der Waals surface area contributed by atoms with Crippen molar-refractivity contribution in [3.05, 3.63) is 24.0 Å². The molecule has 2 rings (SSSR count). The molecule has 0 aliphatic heterocycles. The normalized spacial score (nSPS) is 17.7. The van der Waals surface area contributed by atoms with E-state index in [-0.39, 0.29) is 5.75 Å². The summed E-state index contributed by atoms with van der Waals surface area (Å²) in [5.74, 6) is -0.401. The van der Waals surface area contributed by atoms with E-state index in [1.807, 2.05) is 0 Å². The summed E-state index contributed by atoms with van der Waals surface area (Å²) in [7, 11) is 0. The average Bonchev–Trinajstić information content (AvgIpc) is 2.24. The van der Waals surface area contributed by atoms with Gasteiger partial charge in [0.2, 0.25) is 0 Å². The van der Waals surface area contributed by atoms with Gasteiger partial charge in [0.1, 0.15) is 11.6 Å². The molecule has 0 heterocycles. The van der Waals surface area contributed by atoms with Gasteiger partial charge in [0, 0.05) is 12.1 Å². The molecule has 3 heteroatoms. The summed E-state index contributed by atoms with van der Waals surface area (Å²) < 4.78 is 12.7. The Morgan fingerprint density at radius 1 is 1.20 bits per heavy atom. The van der Waals surface area contributed by atoms with Crippen molar-refractivity contribution < 1.29 is 9.50 Å². The second kappa shape index (κ2) is 4.51. The summed E-state index contributed by atoms with van der Waals surface area (Å²) in [4.78, 5) is 0. The van der Waals surface area contributed by atoms with Gasteiger partial charge < -0.3 is 10.4 Å². The van der Waals surface area contributed by atoms with Crippen LogP contribution in [0.1, 0.15) is 32.1 Å². The van der Waals surface area contributed by atoms with E-state index in [2.05, 4.69) is 5.32 Å². The number of rotatable bonds is 2. The number of halogens is 1. The lowest BCUT2D eigenvalue weighted by Gasteiger charge is -2.24. The predicted octanol–water partition coefficient (Wildman–Crippen LogP) is 3.28. The van der Waals surface area contributed by atoms with Crippen molar-refractivity contribution in [1.29, 1.82) is 0 Å². The number of hydrogen-bond donors (Lipinski definition) is 2. The molecule has 1 aromatic rings. The number of anilines is 1. The van der Waals surface area contributed by atoms with Crippen LogP contribution < -0.4 is 5.32 Å². The molecule has 2 N–H and O–H groups in total. The predicted molar refractivity (Wildman–Crippen MR) is 58.6 cm³/mol. The minimum absolute atomic E-state index is 0.000531. The standard InChI is InChI=1S/C12H16FNO/c13-9-6-7-11(12(15)8-9)14-10-4-2-1-3-5-10/h6-8,10,14-15H,1-5H2. The molecule has 82 valence electrons. The minimum Gasteiger partial charge on any atom is -0.506 e. The van der Waals surface area contributed by atoms with Crippen LogP contribution in [0.25, 0.3) is 0 Å². The van der Waals surface area contributed by atoms with E-state index in [1.165, 1.54) is 25.3 Å². The zero-order chi connectivity index (χ0) is 10.7. The van der Waals surface area contributed by atoms with Gasteiger partial charge in [-0.25, -0.2) is 4.39 Å². The van der Waals surface area contributed by atoms with E-state index in [9.17, 15) is 9.50 Å². The van der Waals surface area contributed by atoms with Gasteiger partial charge in [-0.05, 0) is 25.0 Å². The molecular formula is C12H16FNO. The first-order valence-electron chi connectivity index (χ1n) is 5.51. The summed E-state index contributed by atoms with van der Waals surface area (Å²) in [6.45, 7) is 0. The van der Waals surface area contributed by atoms with Gasteiger partial charge in [-0.2, -0.15) is 0 Å². The van der Waals surface area contributed by atoms with Gasteiger partial charge in [-0.15, -0.1) is 0 Å². The van der Waals surface area contributed by atoms with Crippen LogP contribution in [0.2, 0.25) is 0 Å². The zero-order valence-electron chi connectivity index (χ0n) is 8.67. The molecule has 0 spiro atoms. The molecule has 0 radical (unpaired) electrons. The van der Waals surface area contributed by atoms with Crippen LogP contribution in [-0.4, -0.2) is 11.1 Å². The fraction of sp³-hybridized carbons (Fsp3) is 0.500. The third-order valence-electron chi connectivity index (χ3n) is 2.92. The summed E-state index contributed by atoms with van der Waals surface area (Å²) in [5.41, 5.74) is 0.642. The third-order valence-corrected chi connectivity index (χ3v) is 2.92. The lowest BCUT2D eigenvalue weighted by atomic mass is 9.95. The van der Waals surface area contributed by atoms with Crippen molar-refractivity contribution in [2.45, 2.75) is 38.1 Å². The molecular weight excluding hydrogens is 193 g/mol. The fourth-order valence-electron chi connectivity index (χ4n) is 2.09. The maximum atomic E-state index is 12.7. The van der Waals surface area contributed by atoms with Crippen LogP contribution in [0.5, 0.6) is 5.75 Å². The Labute approximate surface area is 89.1 Å². The summed E-state index contributed by atoms with van der Waals surface area (Å²) >= 11 is 0. The van der Waals surface area contributed by atoms with Crippen LogP contribution in [-0.2, 0) is 0 Å². The van der Waals surface area contributed by atoms with Crippen molar-refractivity contribution in [3.63, 3.8) is 0 Å². The lowest BCUT2D eigenvalue weighted by molar-refractivity contribution is 0.451. The van der Waals surface area contributed by atoms with Crippen molar-refractivity contribution in [2.75, 3.05) is 5.32 Å². The second-order valence-electron chi connectivity index (χ2n) is 4.14. The van der Waals surface area contributed by atoms with Gasteiger partial charge in [0.25, 0.3) is 0 Å². The van der Waals surface area contributed by atoms with Crippen molar-refractivity contribution in [1.82, 2.24) is 0 Å². The summed E-state index contributed by atoms with van der Waals surface area (Å²) in [5, 5.41) is 12.8. The molecule has 0 saturated heterocycles. The highest BCUT2D eigenvalue weighted by atomic mass is 19.1. The van der Waals surface area contributed by atoms with E-state index in [0.717, 1.165) is 18.9 Å². The first kappa shape index (κ1) is 10.3. The molecule has 2 nitrogen and oxygen atoms in total. The molecule has 0 bridgehead atoms. The number of aromatic hydroxyl groups is 1. The largest absolute Gasteiger partial charge is 0.506 e. The van der Waals surface area contributed by atoms with Crippen molar-refractivity contribution in [2.24, 2.45) is 0 Å². The molecule has 1 aliphatic carbocycles. The molecule has 0 aromatic heterocycles. The molecule has 1 fully saturated rings. The summed E-state index contributed by atoms with van der Waals surface area (Å²) in [6, 6.07) is 4.53. The van der Waals surface area contributed by atoms with E-state index in [0.29, 0.717) is 11.7 Å². The molecule has 0 amide bonds. The second-order valence-corrected chi connectivity index (χ2v) is 4.14. The third kappa shape index (κ3) is 2.61. The SMILES string of the molecule is Oc1cc(F)ccc1NC1CCCCC1. The van der Waals surface area contributed by atoms with Gasteiger partial charge in [0.15, 0.2) is 0 Å². The first-order chi connectivity index (χ1) is 7.25. The Hall–Kier alpha value is -1.25. The highest BCUT2D eigenvalue weighted by Crippen LogP contribution is 2.27. The monoisotopic (exact) mass is 209 g/mol. The van der Waals surface area contributed by atoms with E-state index in [4.69, 9.17) is 0 Å². The Morgan fingerprint density at radius 2 is 1.93 bits per heavy atom.